The van der Waals surface area contributed by atoms with E-state index in [0.717, 1.165) is 39.2 Å². The molecular weight excluding hydrogens is 520 g/mol. The SMILES string of the molecule is COc1c(Oc2nnc(C(F)(F)F)c(C)c2C(=O)Nc2cccc(S(C)(=O)=O)c2)ncc(C2CC2)c1F. The third-order valence-corrected chi connectivity index (χ3v) is 6.69. The van der Waals surface area contributed by atoms with E-state index in [9.17, 15) is 30.8 Å². The number of rotatable bonds is 7. The number of carbonyl (C=O) groups excluding carboxylic acids is 1. The fourth-order valence-electron chi connectivity index (χ4n) is 3.59. The molecule has 0 radical (unpaired) electrons. The summed E-state index contributed by atoms with van der Waals surface area (Å²) >= 11 is 0. The van der Waals surface area contributed by atoms with E-state index in [0.29, 0.717) is 5.56 Å². The van der Waals surface area contributed by atoms with E-state index in [1.807, 2.05) is 0 Å². The Morgan fingerprint density at radius 1 is 1.16 bits per heavy atom. The zero-order chi connectivity index (χ0) is 27.1. The highest BCUT2D eigenvalue weighted by atomic mass is 32.2. The second-order valence-corrected chi connectivity index (χ2v) is 10.4. The highest BCUT2D eigenvalue weighted by molar-refractivity contribution is 7.90. The van der Waals surface area contributed by atoms with Crippen molar-refractivity contribution in [2.75, 3.05) is 18.7 Å². The Labute approximate surface area is 208 Å². The number of benzene rings is 1. The molecule has 0 bridgehead atoms. The van der Waals surface area contributed by atoms with Crippen molar-refractivity contribution in [3.63, 3.8) is 0 Å². The number of methoxy groups -OCH3 is 1. The van der Waals surface area contributed by atoms with Crippen molar-refractivity contribution >= 4 is 21.4 Å². The standard InChI is InChI=1S/C23H20F4N4O5S/c1-11-16(20(32)29-13-5-4-6-14(9-13)37(3,33)34)21(31-30-19(11)23(25,26)27)36-22-18(35-2)17(24)15(10-28-22)12-7-8-12/h4-6,9-10,12H,7-8H2,1-3H3,(H,29,32). The van der Waals surface area contributed by atoms with Crippen molar-refractivity contribution in [3.05, 3.63) is 58.7 Å². The lowest BCUT2D eigenvalue weighted by Gasteiger charge is -2.17. The normalized spacial score (nSPS) is 13.8. The summed E-state index contributed by atoms with van der Waals surface area (Å²) in [4.78, 5) is 17.1. The Bertz CT molecular complexity index is 1490. The molecule has 0 spiro atoms. The number of ether oxygens (including phenoxy) is 2. The summed E-state index contributed by atoms with van der Waals surface area (Å²) in [6, 6.07) is 5.12. The molecule has 3 aromatic rings. The lowest BCUT2D eigenvalue weighted by atomic mass is 10.1. The number of hydrogen-bond acceptors (Lipinski definition) is 8. The predicted octanol–water partition coefficient (Wildman–Crippen LogP) is 4.67. The minimum Gasteiger partial charge on any atom is -0.489 e. The first-order chi connectivity index (χ1) is 17.3. The summed E-state index contributed by atoms with van der Waals surface area (Å²) in [7, 11) is -2.47. The minimum atomic E-state index is -4.95. The molecule has 196 valence electrons. The van der Waals surface area contributed by atoms with Crippen molar-refractivity contribution < 1.29 is 40.2 Å². The number of nitrogens with zero attached hydrogens (tertiary/aromatic N) is 3. The van der Waals surface area contributed by atoms with Crippen LogP contribution in [0.25, 0.3) is 0 Å². The molecule has 14 heteroatoms. The molecule has 1 fully saturated rings. The third-order valence-electron chi connectivity index (χ3n) is 5.58. The molecule has 4 rings (SSSR count). The maximum absolute atomic E-state index is 14.9. The first-order valence-electron chi connectivity index (χ1n) is 10.8. The van der Waals surface area contributed by atoms with E-state index in [4.69, 9.17) is 9.47 Å². The van der Waals surface area contributed by atoms with Crippen molar-refractivity contribution in [3.8, 4) is 17.5 Å². The Morgan fingerprint density at radius 2 is 1.86 bits per heavy atom. The molecule has 1 saturated carbocycles. The number of aromatic nitrogens is 3. The van der Waals surface area contributed by atoms with Gasteiger partial charge in [0.1, 0.15) is 5.56 Å². The molecule has 0 atom stereocenters. The third kappa shape index (κ3) is 5.48. The summed E-state index contributed by atoms with van der Waals surface area (Å²) in [5.41, 5.74) is -2.43. The van der Waals surface area contributed by atoms with Gasteiger partial charge in [-0.3, -0.25) is 4.79 Å². The number of alkyl halides is 3. The van der Waals surface area contributed by atoms with Crippen molar-refractivity contribution in [1.82, 2.24) is 15.2 Å². The smallest absolute Gasteiger partial charge is 0.435 e. The fourth-order valence-corrected chi connectivity index (χ4v) is 4.26. The zero-order valence-electron chi connectivity index (χ0n) is 19.7. The first-order valence-corrected chi connectivity index (χ1v) is 12.7. The largest absolute Gasteiger partial charge is 0.489 e. The van der Waals surface area contributed by atoms with Gasteiger partial charge in [-0.15, -0.1) is 10.2 Å². The van der Waals surface area contributed by atoms with E-state index < -0.39 is 62.1 Å². The predicted molar refractivity (Wildman–Crippen MR) is 122 cm³/mol. The monoisotopic (exact) mass is 540 g/mol. The molecule has 1 amide bonds. The molecule has 2 aromatic heterocycles. The van der Waals surface area contributed by atoms with E-state index in [-0.39, 0.29) is 16.5 Å². The zero-order valence-corrected chi connectivity index (χ0v) is 20.5. The van der Waals surface area contributed by atoms with Gasteiger partial charge in [0.05, 0.1) is 12.0 Å². The Morgan fingerprint density at radius 3 is 2.46 bits per heavy atom. The maximum atomic E-state index is 14.9. The number of sulfone groups is 1. The number of halogens is 4. The van der Waals surface area contributed by atoms with E-state index in [2.05, 4.69) is 20.5 Å². The van der Waals surface area contributed by atoms with Crippen molar-refractivity contribution in [1.29, 1.82) is 0 Å². The molecule has 1 aromatic carbocycles. The van der Waals surface area contributed by atoms with Crippen LogP contribution in [0.5, 0.6) is 17.5 Å². The summed E-state index contributed by atoms with van der Waals surface area (Å²) in [6.45, 7) is 0.994. The second-order valence-electron chi connectivity index (χ2n) is 8.35. The van der Waals surface area contributed by atoms with Gasteiger partial charge in [-0.2, -0.15) is 13.2 Å². The minimum absolute atomic E-state index is 0.0146. The van der Waals surface area contributed by atoms with Gasteiger partial charge >= 0.3 is 6.18 Å². The van der Waals surface area contributed by atoms with Gasteiger partial charge in [-0.05, 0) is 49.4 Å². The van der Waals surface area contributed by atoms with Crippen LogP contribution >= 0.6 is 0 Å². The number of pyridine rings is 1. The molecule has 2 heterocycles. The molecule has 1 N–H and O–H groups in total. The lowest BCUT2D eigenvalue weighted by Crippen LogP contribution is -2.21. The van der Waals surface area contributed by atoms with Crippen molar-refractivity contribution in [2.24, 2.45) is 0 Å². The van der Waals surface area contributed by atoms with Gasteiger partial charge in [0, 0.05) is 23.7 Å². The topological polar surface area (TPSA) is 120 Å². The maximum Gasteiger partial charge on any atom is 0.435 e. The summed E-state index contributed by atoms with van der Waals surface area (Å²) in [5, 5.41) is 8.93. The van der Waals surface area contributed by atoms with Gasteiger partial charge in [0.25, 0.3) is 17.7 Å². The van der Waals surface area contributed by atoms with Crippen LogP contribution in [0.2, 0.25) is 0 Å². The van der Waals surface area contributed by atoms with Crippen LogP contribution in [0.4, 0.5) is 23.2 Å². The Kier molecular flexibility index (Phi) is 6.79. The average Bonchev–Trinajstić information content (AvgIpc) is 3.63. The quantitative estimate of drug-likeness (QED) is 0.429. The van der Waals surface area contributed by atoms with Crippen LogP contribution in [0.1, 0.15) is 45.9 Å². The van der Waals surface area contributed by atoms with Gasteiger partial charge in [-0.1, -0.05) is 6.07 Å². The van der Waals surface area contributed by atoms with Crippen LogP contribution in [0.15, 0.2) is 35.4 Å². The Balaban J connectivity index is 1.77. The molecule has 0 saturated heterocycles. The molecule has 0 aliphatic heterocycles. The van der Waals surface area contributed by atoms with Gasteiger partial charge in [-0.25, -0.2) is 17.8 Å². The summed E-state index contributed by atoms with van der Waals surface area (Å²) < 4.78 is 89.8. The number of nitrogens with one attached hydrogen (secondary N) is 1. The molecule has 1 aliphatic rings. The number of amides is 1. The van der Waals surface area contributed by atoms with Gasteiger partial charge in [0.2, 0.25) is 5.75 Å². The Hall–Kier alpha value is -3.81. The number of anilines is 1. The number of hydrogen-bond donors (Lipinski definition) is 1. The molecule has 0 unspecified atom stereocenters. The van der Waals surface area contributed by atoms with E-state index >= 15 is 0 Å². The highest BCUT2D eigenvalue weighted by Crippen LogP contribution is 2.45. The van der Waals surface area contributed by atoms with Gasteiger partial charge < -0.3 is 14.8 Å². The molecule has 1 aliphatic carbocycles. The summed E-state index contributed by atoms with van der Waals surface area (Å²) in [6.07, 6.45) is -1.21. The van der Waals surface area contributed by atoms with Crippen LogP contribution in [-0.4, -0.2) is 42.9 Å². The second kappa shape index (κ2) is 9.57. The molecular formula is C23H20F4N4O5S. The highest BCUT2D eigenvalue weighted by Gasteiger charge is 2.39. The summed E-state index contributed by atoms with van der Waals surface area (Å²) in [5.74, 6) is -3.43. The lowest BCUT2D eigenvalue weighted by molar-refractivity contribution is -0.142. The molecule has 37 heavy (non-hydrogen) atoms. The van der Waals surface area contributed by atoms with E-state index in [1.165, 1.54) is 24.4 Å². The van der Waals surface area contributed by atoms with Crippen LogP contribution in [0.3, 0.4) is 0 Å². The number of carbonyl (C=O) groups is 1. The first kappa shape index (κ1) is 26.3. The van der Waals surface area contributed by atoms with Crippen LogP contribution in [0, 0.1) is 12.7 Å². The van der Waals surface area contributed by atoms with Crippen molar-refractivity contribution in [2.45, 2.75) is 36.8 Å². The van der Waals surface area contributed by atoms with Crippen LogP contribution < -0.4 is 14.8 Å². The average molecular weight is 540 g/mol. The van der Waals surface area contributed by atoms with E-state index in [1.54, 1.807) is 0 Å². The molecule has 9 nitrogen and oxygen atoms in total. The fraction of sp³-hybridized carbons (Fsp3) is 0.304. The van der Waals surface area contributed by atoms with Gasteiger partial charge in [0.15, 0.2) is 21.3 Å². The van der Waals surface area contributed by atoms with Crippen LogP contribution in [-0.2, 0) is 16.0 Å².